The molecule has 0 aliphatic heterocycles. The summed E-state index contributed by atoms with van der Waals surface area (Å²) in [7, 11) is 0. The Morgan fingerprint density at radius 1 is 0.107 bits per heavy atom. The van der Waals surface area contributed by atoms with Gasteiger partial charge in [0.15, 0.2) is 46.6 Å². The van der Waals surface area contributed by atoms with Crippen LogP contribution in [0.3, 0.4) is 0 Å². The largest absolute Gasteiger partial charge is 0.228 e. The molecule has 0 saturated heterocycles. The number of hydrogen-bond acceptors (Lipinski definition) is 10. The first kappa shape index (κ1) is 70.8. The second kappa shape index (κ2) is 29.9. The molecule has 23 rings (SSSR count). The predicted molar refractivity (Wildman–Crippen MR) is 501 cm³/mol. The van der Waals surface area contributed by atoms with E-state index in [-0.39, 0.29) is 0 Å². The van der Waals surface area contributed by atoms with Gasteiger partial charge in [-0.2, -0.15) is 0 Å². The molecule has 10 heteroatoms. The highest BCUT2D eigenvalue weighted by molar-refractivity contribution is 6.18. The summed E-state index contributed by atoms with van der Waals surface area (Å²) in [5.41, 5.74) is 18.3. The third kappa shape index (κ3) is 13.0. The van der Waals surface area contributed by atoms with Gasteiger partial charge in [-0.3, -0.25) is 0 Å². The van der Waals surface area contributed by atoms with Crippen molar-refractivity contribution in [2.24, 2.45) is 0 Å². The Balaban J connectivity index is 0.629. The number of rotatable bonds is 14. The van der Waals surface area contributed by atoms with E-state index in [4.69, 9.17) is 49.8 Å². The summed E-state index contributed by atoms with van der Waals surface area (Å²) in [5, 5.41) is 17.4. The molecule has 0 bridgehead atoms. The van der Waals surface area contributed by atoms with Crippen molar-refractivity contribution >= 4 is 86.2 Å². The molecule has 0 radical (unpaired) electrons. The van der Waals surface area contributed by atoms with E-state index in [1.54, 1.807) is 0 Å². The van der Waals surface area contributed by atoms with Crippen LogP contribution in [0, 0.1) is 0 Å². The Morgan fingerprint density at radius 3 is 0.738 bits per heavy atom. The minimum atomic E-state index is 0.416. The lowest BCUT2D eigenvalue weighted by atomic mass is 9.93. The Morgan fingerprint density at radius 2 is 0.352 bits per heavy atom. The van der Waals surface area contributed by atoms with Crippen LogP contribution < -0.4 is 0 Å². The van der Waals surface area contributed by atoms with Gasteiger partial charge in [0, 0.05) is 44.5 Å². The maximum atomic E-state index is 5.59. The van der Waals surface area contributed by atoms with Crippen LogP contribution in [-0.2, 0) is 0 Å². The molecule has 19 aromatic carbocycles. The lowest BCUT2D eigenvalue weighted by molar-refractivity contribution is 1.05. The van der Waals surface area contributed by atoms with E-state index in [9.17, 15) is 0 Å². The lowest BCUT2D eigenvalue weighted by Gasteiger charge is -2.15. The summed E-state index contributed by atoms with van der Waals surface area (Å²) >= 11 is 0. The van der Waals surface area contributed by atoms with Crippen LogP contribution in [0.4, 0.5) is 0 Å². The fourth-order valence-corrected chi connectivity index (χ4v) is 17.6. The van der Waals surface area contributed by atoms with Crippen molar-refractivity contribution in [1.82, 2.24) is 49.8 Å². The average molecular weight is 1550 g/mol. The van der Waals surface area contributed by atoms with E-state index in [1.807, 2.05) is 54.6 Å². The van der Waals surface area contributed by atoms with Crippen molar-refractivity contribution in [3.8, 4) is 158 Å². The van der Waals surface area contributed by atoms with E-state index in [0.29, 0.717) is 58.0 Å². The third-order valence-electron chi connectivity index (χ3n) is 23.5. The van der Waals surface area contributed by atoms with E-state index in [2.05, 4.69) is 358 Å². The van der Waals surface area contributed by atoms with E-state index in [0.717, 1.165) is 187 Å². The molecule has 122 heavy (non-hydrogen) atoms. The van der Waals surface area contributed by atoms with Gasteiger partial charge in [0.05, 0.1) is 11.4 Å². The normalized spacial score (nSPS) is 11.6. The van der Waals surface area contributed by atoms with Crippen molar-refractivity contribution < 1.29 is 0 Å². The van der Waals surface area contributed by atoms with Gasteiger partial charge in [-0.1, -0.05) is 352 Å². The van der Waals surface area contributed by atoms with Crippen molar-refractivity contribution in [1.29, 1.82) is 0 Å². The fourth-order valence-electron chi connectivity index (χ4n) is 17.6. The molecule has 0 unspecified atom stereocenters. The summed E-state index contributed by atoms with van der Waals surface area (Å²) in [6.45, 7) is 0. The Labute approximate surface area is 702 Å². The molecule has 0 spiro atoms. The summed E-state index contributed by atoms with van der Waals surface area (Å²) in [5.74, 6) is 4.07. The van der Waals surface area contributed by atoms with Crippen molar-refractivity contribution in [2.45, 2.75) is 0 Å². The minimum absolute atomic E-state index is 0.416. The van der Waals surface area contributed by atoms with Crippen LogP contribution in [-0.4, -0.2) is 49.8 Å². The molecular formula is C112H68N10. The van der Waals surface area contributed by atoms with Gasteiger partial charge in [-0.25, -0.2) is 49.8 Å². The van der Waals surface area contributed by atoms with E-state index >= 15 is 0 Å². The topological polar surface area (TPSA) is 129 Å². The summed E-state index contributed by atoms with van der Waals surface area (Å²) < 4.78 is 0. The molecule has 0 amide bonds. The second-order valence-corrected chi connectivity index (χ2v) is 30.9. The number of fused-ring (bicyclic) bond motifs is 12. The quantitative estimate of drug-likeness (QED) is 0.0971. The number of hydrogen-bond donors (Lipinski definition) is 0. The van der Waals surface area contributed by atoms with Crippen LogP contribution in [0.25, 0.3) is 245 Å². The number of aromatic nitrogens is 10. The van der Waals surface area contributed by atoms with Crippen LogP contribution in [0.1, 0.15) is 0 Å². The van der Waals surface area contributed by atoms with Gasteiger partial charge < -0.3 is 0 Å². The van der Waals surface area contributed by atoms with E-state index in [1.165, 1.54) is 0 Å². The van der Waals surface area contributed by atoms with Gasteiger partial charge in [-0.05, 0) is 191 Å². The van der Waals surface area contributed by atoms with Crippen molar-refractivity contribution in [2.75, 3.05) is 0 Å². The van der Waals surface area contributed by atoms with Gasteiger partial charge in [0.2, 0.25) is 0 Å². The van der Waals surface area contributed by atoms with Gasteiger partial charge in [0.1, 0.15) is 11.4 Å². The minimum Gasteiger partial charge on any atom is -0.228 e. The van der Waals surface area contributed by atoms with Crippen molar-refractivity contribution in [3.05, 3.63) is 413 Å². The van der Waals surface area contributed by atoms with Crippen LogP contribution >= 0.6 is 0 Å². The molecular weight excluding hydrogens is 1490 g/mol. The van der Waals surface area contributed by atoms with E-state index < -0.39 is 0 Å². The molecule has 0 aliphatic rings. The zero-order chi connectivity index (χ0) is 80.6. The molecule has 0 N–H and O–H groups in total. The predicted octanol–water partition coefficient (Wildman–Crippen LogP) is 28.2. The molecule has 0 aliphatic carbocycles. The Kier molecular flexibility index (Phi) is 17.3. The van der Waals surface area contributed by atoms with Crippen LogP contribution in [0.15, 0.2) is 413 Å². The van der Waals surface area contributed by atoms with Gasteiger partial charge in [0.25, 0.3) is 0 Å². The van der Waals surface area contributed by atoms with Gasteiger partial charge >= 0.3 is 0 Å². The Hall–Kier alpha value is -16.6. The maximum absolute atomic E-state index is 5.59. The third-order valence-corrected chi connectivity index (χ3v) is 23.5. The molecule has 566 valence electrons. The SMILES string of the molecule is c1ccc(-c2cccc(-c3cc(-c4nc(-c5cc6ccccc6c6ccccc56)nc(-c5cc6ccc(-c7ccc(-c8cccc(-c9cc(-c%10nc(-c%11cc%12ccccc%12c%12ccccc%11%12)nc(-c%11cc%12ccccc%12c%12ccccc%11%12)n%10)nc(-c%10ccccc%10)n9)c8)cc7)cc6c6ccccc56)n4)nc(-c4cccc(-c5ccccc5)c4)n3)c2)cc1. The summed E-state index contributed by atoms with van der Waals surface area (Å²) in [4.78, 5) is 54.7. The smallest absolute Gasteiger partial charge is 0.182 e. The monoisotopic (exact) mass is 1550 g/mol. The fraction of sp³-hybridized carbons (Fsp3) is 0. The second-order valence-electron chi connectivity index (χ2n) is 30.9. The number of benzene rings is 19. The highest BCUT2D eigenvalue weighted by Crippen LogP contribution is 2.44. The molecule has 10 nitrogen and oxygen atoms in total. The molecule has 4 aromatic heterocycles. The first-order valence-corrected chi connectivity index (χ1v) is 41.0. The lowest BCUT2D eigenvalue weighted by Crippen LogP contribution is -2.04. The molecule has 0 saturated carbocycles. The van der Waals surface area contributed by atoms with Crippen LogP contribution in [0.2, 0.25) is 0 Å². The summed E-state index contributed by atoms with van der Waals surface area (Å²) in [6.07, 6.45) is 0. The molecule has 0 fully saturated rings. The average Bonchev–Trinajstić information content (AvgIpc) is 0.750. The van der Waals surface area contributed by atoms with Crippen molar-refractivity contribution in [3.63, 3.8) is 0 Å². The molecule has 4 heterocycles. The number of nitrogens with zero attached hydrogens (tertiary/aromatic N) is 10. The van der Waals surface area contributed by atoms with Gasteiger partial charge in [-0.15, -0.1) is 0 Å². The molecule has 0 atom stereocenters. The first-order chi connectivity index (χ1) is 60.4. The van der Waals surface area contributed by atoms with Crippen LogP contribution in [0.5, 0.6) is 0 Å². The summed E-state index contributed by atoms with van der Waals surface area (Å²) in [6, 6.07) is 145. The first-order valence-electron chi connectivity index (χ1n) is 41.0. The highest BCUT2D eigenvalue weighted by Gasteiger charge is 2.25. The Bertz CT molecular complexity index is 7900. The molecule has 23 aromatic rings. The standard InChI is InChI=1S/C112H68N10/c1-4-27-69(28-5-1)74-36-24-39-82(59-74)102-68-104(116-106(114-102)84-41-26-38-76(61-84)70-29-6-2-7-30-70)112-121-109(99-65-80-35-12-15-44-87(80)90-47-18-22-51-94(90)99)118-110(122-112)100-66-81-58-57-77(62-96(81)91-48-19-23-52-95(91)100)72-55-53-71(54-56-72)75-37-25-40-83(60-75)101-67-103(115-105(113-101)73-31-8-3-9-32-73)111-119-107(97-63-78-33-10-13-42-85(78)88-45-16-20-49-92(88)97)117-108(120-111)98-64-79-34-11-14-43-86(79)89-46-17-21-50-93(89)98/h1-68H. The zero-order valence-corrected chi connectivity index (χ0v) is 65.7. The maximum Gasteiger partial charge on any atom is 0.182 e. The zero-order valence-electron chi connectivity index (χ0n) is 65.7. The highest BCUT2D eigenvalue weighted by atomic mass is 15.1.